The number of nitrogens with zero attached hydrogens (tertiary/aromatic N) is 2. The Labute approximate surface area is 238 Å². The number of ether oxygens (including phenoxy) is 2. The fraction of sp³-hybridized carbons (Fsp3) is 0.576. The van der Waals surface area contributed by atoms with E-state index < -0.39 is 0 Å². The molecule has 0 spiro atoms. The zero-order valence-corrected chi connectivity index (χ0v) is 23.7. The van der Waals surface area contributed by atoms with Crippen molar-refractivity contribution in [2.24, 2.45) is 11.8 Å². The highest BCUT2D eigenvalue weighted by Crippen LogP contribution is 2.34. The minimum atomic E-state index is -0.0654. The van der Waals surface area contributed by atoms with Gasteiger partial charge in [-0.15, -0.1) is 0 Å². The number of carbonyl (C=O) groups excluding carboxylic acids is 1. The van der Waals surface area contributed by atoms with Crippen LogP contribution < -0.4 is 19.7 Å². The molecule has 0 bridgehead atoms. The lowest BCUT2D eigenvalue weighted by molar-refractivity contribution is 0.0893. The second kappa shape index (κ2) is 13.4. The number of hydrogen-bond acceptors (Lipinski definition) is 6. The van der Waals surface area contributed by atoms with Crippen molar-refractivity contribution in [3.05, 3.63) is 53.6 Å². The molecule has 3 aliphatic rings. The number of piperidine rings is 1. The van der Waals surface area contributed by atoms with E-state index in [1.54, 1.807) is 19.2 Å². The van der Waals surface area contributed by atoms with Gasteiger partial charge in [-0.2, -0.15) is 5.26 Å². The molecule has 1 aliphatic heterocycles. The first-order chi connectivity index (χ1) is 19.5. The third kappa shape index (κ3) is 7.28. The summed E-state index contributed by atoms with van der Waals surface area (Å²) in [5, 5.41) is 22.2. The number of carbonyl (C=O) groups is 1. The monoisotopic (exact) mass is 545 g/mol. The van der Waals surface area contributed by atoms with Crippen LogP contribution in [0.5, 0.6) is 11.5 Å². The van der Waals surface area contributed by atoms with Gasteiger partial charge < -0.3 is 24.8 Å². The summed E-state index contributed by atoms with van der Waals surface area (Å²) in [5.74, 6) is 2.82. The lowest BCUT2D eigenvalue weighted by atomic mass is 9.79. The highest BCUT2D eigenvalue weighted by atomic mass is 16.5. The van der Waals surface area contributed by atoms with Gasteiger partial charge in [-0.3, -0.25) is 4.79 Å². The summed E-state index contributed by atoms with van der Waals surface area (Å²) in [6.45, 7) is 2.15. The predicted molar refractivity (Wildman–Crippen MR) is 156 cm³/mol. The van der Waals surface area contributed by atoms with Gasteiger partial charge in [-0.05, 0) is 119 Å². The van der Waals surface area contributed by atoms with E-state index in [4.69, 9.17) is 14.7 Å². The van der Waals surface area contributed by atoms with Crippen molar-refractivity contribution in [2.75, 3.05) is 25.1 Å². The van der Waals surface area contributed by atoms with Crippen LogP contribution in [0.2, 0.25) is 0 Å². The molecular formula is C33H43N3O4. The van der Waals surface area contributed by atoms with Crippen LogP contribution in [0.3, 0.4) is 0 Å². The Morgan fingerprint density at radius 2 is 1.62 bits per heavy atom. The third-order valence-corrected chi connectivity index (χ3v) is 9.20. The second-order valence-electron chi connectivity index (χ2n) is 11.9. The number of aliphatic hydroxyl groups excluding tert-OH is 1. The number of benzene rings is 2. The summed E-state index contributed by atoms with van der Waals surface area (Å²) in [6.07, 6.45) is 11.6. The summed E-state index contributed by atoms with van der Waals surface area (Å²) in [5.41, 5.74) is 2.40. The fourth-order valence-corrected chi connectivity index (χ4v) is 6.73. The maximum Gasteiger partial charge on any atom is 0.251 e. The Morgan fingerprint density at radius 3 is 2.27 bits per heavy atom. The van der Waals surface area contributed by atoms with Crippen LogP contribution in [-0.4, -0.2) is 49.5 Å². The Hall–Kier alpha value is -3.24. The molecule has 2 aromatic carbocycles. The number of methoxy groups -OCH3 is 1. The molecule has 7 nitrogen and oxygen atoms in total. The summed E-state index contributed by atoms with van der Waals surface area (Å²) in [7, 11) is 1.55. The molecule has 2 N–H and O–H groups in total. The van der Waals surface area contributed by atoms with Crippen LogP contribution in [0.4, 0.5) is 5.69 Å². The third-order valence-electron chi connectivity index (χ3n) is 9.20. The molecule has 0 radical (unpaired) electrons. The molecule has 3 fully saturated rings. The lowest BCUT2D eigenvalue weighted by Crippen LogP contribution is -2.39. The van der Waals surface area contributed by atoms with Gasteiger partial charge in [-0.25, -0.2) is 0 Å². The van der Waals surface area contributed by atoms with Crippen molar-refractivity contribution in [1.82, 2.24) is 5.32 Å². The van der Waals surface area contributed by atoms with Crippen LogP contribution in [0.25, 0.3) is 0 Å². The Morgan fingerprint density at radius 1 is 0.950 bits per heavy atom. The van der Waals surface area contributed by atoms with E-state index in [2.05, 4.69) is 28.4 Å². The van der Waals surface area contributed by atoms with Gasteiger partial charge in [0.2, 0.25) is 0 Å². The van der Waals surface area contributed by atoms with E-state index in [9.17, 15) is 9.90 Å². The van der Waals surface area contributed by atoms with E-state index >= 15 is 0 Å². The topological polar surface area (TPSA) is 94.8 Å². The van der Waals surface area contributed by atoms with Crippen molar-refractivity contribution < 1.29 is 19.4 Å². The maximum absolute atomic E-state index is 12.9. The van der Waals surface area contributed by atoms with Crippen molar-refractivity contribution >= 4 is 11.6 Å². The minimum absolute atomic E-state index is 0.0101. The van der Waals surface area contributed by atoms with Crippen LogP contribution >= 0.6 is 0 Å². The molecule has 40 heavy (non-hydrogen) atoms. The predicted octanol–water partition coefficient (Wildman–Crippen LogP) is 5.84. The normalized spacial score (nSPS) is 25.6. The fourth-order valence-electron chi connectivity index (χ4n) is 6.73. The molecule has 214 valence electrons. The molecule has 0 unspecified atom stereocenters. The average Bonchev–Trinajstić information content (AvgIpc) is 2.99. The van der Waals surface area contributed by atoms with Gasteiger partial charge >= 0.3 is 0 Å². The zero-order chi connectivity index (χ0) is 27.9. The first-order valence-electron chi connectivity index (χ1n) is 15.1. The SMILES string of the molecule is COc1cc(OC2CCC(NC(=O)c3ccc(N4CCC(CC5CCC(O)CC5)CC4)cc3)CC2)ccc1C#N. The summed E-state index contributed by atoms with van der Waals surface area (Å²) < 4.78 is 11.4. The highest BCUT2D eigenvalue weighted by Gasteiger charge is 2.27. The summed E-state index contributed by atoms with van der Waals surface area (Å²) in [6, 6.07) is 15.7. The van der Waals surface area contributed by atoms with Gasteiger partial charge in [-0.1, -0.05) is 0 Å². The Bertz CT molecular complexity index is 1150. The van der Waals surface area contributed by atoms with Crippen LogP contribution in [0.15, 0.2) is 42.5 Å². The largest absolute Gasteiger partial charge is 0.495 e. The lowest BCUT2D eigenvalue weighted by Gasteiger charge is -2.36. The van der Waals surface area contributed by atoms with Crippen LogP contribution in [0.1, 0.15) is 86.6 Å². The molecule has 1 amide bonds. The van der Waals surface area contributed by atoms with E-state index in [0.29, 0.717) is 22.6 Å². The molecule has 7 heteroatoms. The molecule has 2 aliphatic carbocycles. The van der Waals surface area contributed by atoms with Crippen molar-refractivity contribution in [3.63, 3.8) is 0 Å². The van der Waals surface area contributed by atoms with E-state index in [-0.39, 0.29) is 24.2 Å². The first-order valence-corrected chi connectivity index (χ1v) is 15.1. The Kier molecular flexibility index (Phi) is 9.49. The number of aliphatic hydroxyl groups is 1. The smallest absolute Gasteiger partial charge is 0.251 e. The quantitative estimate of drug-likeness (QED) is 0.433. The Balaban J connectivity index is 1.04. The van der Waals surface area contributed by atoms with Gasteiger partial charge in [0, 0.05) is 36.4 Å². The molecule has 0 aromatic heterocycles. The van der Waals surface area contributed by atoms with Gasteiger partial charge in [0.1, 0.15) is 17.6 Å². The van der Waals surface area contributed by atoms with Crippen LogP contribution in [0, 0.1) is 23.2 Å². The molecule has 1 heterocycles. The molecule has 2 aromatic rings. The van der Waals surface area contributed by atoms with Gasteiger partial charge in [0.15, 0.2) is 0 Å². The van der Waals surface area contributed by atoms with Crippen molar-refractivity contribution in [3.8, 4) is 17.6 Å². The average molecular weight is 546 g/mol. The van der Waals surface area contributed by atoms with E-state index in [0.717, 1.165) is 63.5 Å². The van der Waals surface area contributed by atoms with Crippen molar-refractivity contribution in [2.45, 2.75) is 88.9 Å². The number of nitriles is 1. The van der Waals surface area contributed by atoms with Gasteiger partial charge in [0.05, 0.1) is 24.9 Å². The summed E-state index contributed by atoms with van der Waals surface area (Å²) >= 11 is 0. The number of anilines is 1. The molecule has 1 saturated heterocycles. The minimum Gasteiger partial charge on any atom is -0.495 e. The maximum atomic E-state index is 12.9. The molecule has 5 rings (SSSR count). The molecule has 2 saturated carbocycles. The summed E-state index contributed by atoms with van der Waals surface area (Å²) in [4.78, 5) is 15.4. The first kappa shape index (κ1) is 28.3. The standard InChI is InChI=1S/C33H43N3O4/c1-39-32-21-31(13-6-26(32)22-34)40-30-14-7-27(8-15-30)35-33(38)25-4-9-28(10-5-25)36-18-16-24(17-19-36)20-23-2-11-29(37)12-3-23/h4-6,9-10,13,21,23-24,27,29-30,37H,2-3,7-8,11-12,14-20H2,1H3,(H,35,38). The highest BCUT2D eigenvalue weighted by molar-refractivity contribution is 5.94. The van der Waals surface area contributed by atoms with Gasteiger partial charge in [0.25, 0.3) is 5.91 Å². The second-order valence-corrected chi connectivity index (χ2v) is 11.9. The van der Waals surface area contributed by atoms with E-state index in [1.165, 1.54) is 37.8 Å². The number of rotatable bonds is 8. The molecular weight excluding hydrogens is 502 g/mol. The molecule has 0 atom stereocenters. The number of amides is 1. The van der Waals surface area contributed by atoms with Crippen molar-refractivity contribution in [1.29, 1.82) is 5.26 Å². The van der Waals surface area contributed by atoms with E-state index in [1.807, 2.05) is 18.2 Å². The van der Waals surface area contributed by atoms with Crippen LogP contribution in [-0.2, 0) is 0 Å². The zero-order valence-electron chi connectivity index (χ0n) is 23.7. The number of hydrogen-bond donors (Lipinski definition) is 2. The number of nitrogens with one attached hydrogen (secondary N) is 1.